The van der Waals surface area contributed by atoms with Gasteiger partial charge in [0.2, 0.25) is 0 Å². The fraction of sp³-hybridized carbons (Fsp3) is 0.481. The number of rotatable bonds is 17. The Labute approximate surface area is 197 Å². The van der Waals surface area contributed by atoms with Gasteiger partial charge < -0.3 is 10.1 Å². The number of hydrogen-bond acceptors (Lipinski definition) is 5. The Hall–Kier alpha value is -2.58. The molecule has 0 fully saturated rings. The van der Waals surface area contributed by atoms with Crippen LogP contribution in [-0.4, -0.2) is 12.4 Å². The minimum absolute atomic E-state index is 0.115. The number of nitrogens with zero attached hydrogens (tertiary/aromatic N) is 1. The van der Waals surface area contributed by atoms with Gasteiger partial charge in [0.1, 0.15) is 16.7 Å². The van der Waals surface area contributed by atoms with E-state index >= 15 is 0 Å². The van der Waals surface area contributed by atoms with Crippen LogP contribution in [0.15, 0.2) is 48.7 Å². The van der Waals surface area contributed by atoms with Gasteiger partial charge in [-0.3, -0.25) is 4.79 Å². The number of carbonyl (C=O) groups excluding carboxylic acids is 1. The lowest BCUT2D eigenvalue weighted by atomic mass is 10.1. The number of unbranched alkanes of at least 4 members (excludes halogenated alkanes) is 10. The predicted octanol–water partition coefficient (Wildman–Crippen LogP) is 8.12. The molecular formula is C27H36N2O2S. The van der Waals surface area contributed by atoms with Crippen molar-refractivity contribution >= 4 is 22.8 Å². The number of thiophene rings is 1. The van der Waals surface area contributed by atoms with Crippen molar-refractivity contribution in [2.45, 2.75) is 77.6 Å². The van der Waals surface area contributed by atoms with E-state index in [-0.39, 0.29) is 5.78 Å². The first-order valence-corrected chi connectivity index (χ1v) is 12.7. The Morgan fingerprint density at radius 3 is 2.16 bits per heavy atom. The summed E-state index contributed by atoms with van der Waals surface area (Å²) in [6.07, 6.45) is 17.7. The molecule has 32 heavy (non-hydrogen) atoms. The molecule has 0 aliphatic rings. The summed E-state index contributed by atoms with van der Waals surface area (Å²) in [6.45, 7) is 3.02. The van der Waals surface area contributed by atoms with Crippen LogP contribution in [-0.2, 0) is 0 Å². The minimum Gasteiger partial charge on any atom is -0.494 e. The van der Waals surface area contributed by atoms with Gasteiger partial charge >= 0.3 is 0 Å². The van der Waals surface area contributed by atoms with Crippen molar-refractivity contribution < 1.29 is 9.53 Å². The van der Waals surface area contributed by atoms with Crippen LogP contribution in [0.3, 0.4) is 0 Å². The van der Waals surface area contributed by atoms with Crippen molar-refractivity contribution in [3.63, 3.8) is 0 Å². The predicted molar refractivity (Wildman–Crippen MR) is 135 cm³/mol. The summed E-state index contributed by atoms with van der Waals surface area (Å²) >= 11 is 1.20. The highest BCUT2D eigenvalue weighted by atomic mass is 32.1. The van der Waals surface area contributed by atoms with Gasteiger partial charge in [-0.2, -0.15) is 5.26 Å². The standard InChI is InChI=1S/C27H36N2O2S/c1-2-3-4-5-6-7-8-9-10-11-12-21-31-24-15-13-23(14-16-24)29-20-19-26(30)27-18-17-25(22-28)32-27/h13-20,29H,2-12,21H2,1H3/b20-19-. The van der Waals surface area contributed by atoms with E-state index in [1.54, 1.807) is 18.3 Å². The first-order valence-electron chi connectivity index (χ1n) is 11.9. The summed E-state index contributed by atoms with van der Waals surface area (Å²) in [4.78, 5) is 13.2. The number of allylic oxidation sites excluding steroid dienone is 1. The van der Waals surface area contributed by atoms with Crippen LogP contribution < -0.4 is 10.1 Å². The summed E-state index contributed by atoms with van der Waals surface area (Å²) in [5, 5.41) is 11.9. The van der Waals surface area contributed by atoms with E-state index in [4.69, 9.17) is 10.00 Å². The number of ketones is 1. The summed E-state index contributed by atoms with van der Waals surface area (Å²) < 4.78 is 5.83. The van der Waals surface area contributed by atoms with Crippen LogP contribution in [0.4, 0.5) is 5.69 Å². The third kappa shape index (κ3) is 10.6. The summed E-state index contributed by atoms with van der Waals surface area (Å²) in [5.41, 5.74) is 0.889. The maximum atomic E-state index is 12.1. The molecule has 1 heterocycles. The van der Waals surface area contributed by atoms with Crippen LogP contribution in [0.5, 0.6) is 5.75 Å². The normalized spacial score (nSPS) is 10.9. The minimum atomic E-state index is -0.115. The lowest BCUT2D eigenvalue weighted by molar-refractivity contribution is 0.105. The molecule has 0 saturated carbocycles. The molecule has 0 saturated heterocycles. The van der Waals surface area contributed by atoms with Crippen molar-refractivity contribution in [3.05, 3.63) is 58.4 Å². The van der Waals surface area contributed by atoms with E-state index < -0.39 is 0 Å². The molecule has 172 valence electrons. The number of nitrogens with one attached hydrogen (secondary N) is 1. The third-order valence-electron chi connectivity index (χ3n) is 5.31. The molecule has 2 aromatic rings. The second-order valence-electron chi connectivity index (χ2n) is 8.03. The number of nitriles is 1. The van der Waals surface area contributed by atoms with E-state index in [0.717, 1.165) is 24.5 Å². The van der Waals surface area contributed by atoms with Gasteiger partial charge in [-0.05, 0) is 42.8 Å². The van der Waals surface area contributed by atoms with Crippen LogP contribution >= 0.6 is 11.3 Å². The molecule has 0 aliphatic carbocycles. The Morgan fingerprint density at radius 2 is 1.56 bits per heavy atom. The average Bonchev–Trinajstić information content (AvgIpc) is 3.30. The van der Waals surface area contributed by atoms with Crippen molar-refractivity contribution in [3.8, 4) is 11.8 Å². The zero-order chi connectivity index (χ0) is 22.9. The topological polar surface area (TPSA) is 62.1 Å². The molecule has 2 rings (SSSR count). The van der Waals surface area contributed by atoms with Crippen LogP contribution in [0.2, 0.25) is 0 Å². The Balaban J connectivity index is 1.52. The van der Waals surface area contributed by atoms with Gasteiger partial charge in [0, 0.05) is 18.0 Å². The Bertz CT molecular complexity index is 849. The van der Waals surface area contributed by atoms with Gasteiger partial charge in [-0.25, -0.2) is 0 Å². The number of anilines is 1. The highest BCUT2D eigenvalue weighted by molar-refractivity contribution is 7.14. The molecule has 5 heteroatoms. The second-order valence-corrected chi connectivity index (χ2v) is 9.11. The molecule has 0 bridgehead atoms. The SMILES string of the molecule is CCCCCCCCCCCCCOc1ccc(N/C=C\C(=O)c2ccc(C#N)s2)cc1. The van der Waals surface area contributed by atoms with E-state index in [1.165, 1.54) is 81.6 Å². The zero-order valence-electron chi connectivity index (χ0n) is 19.3. The maximum Gasteiger partial charge on any atom is 0.197 e. The lowest BCUT2D eigenvalue weighted by Crippen LogP contribution is -1.98. The maximum absolute atomic E-state index is 12.1. The van der Waals surface area contributed by atoms with E-state index in [2.05, 4.69) is 12.2 Å². The molecule has 1 N–H and O–H groups in total. The Kier molecular flexibility index (Phi) is 12.9. The van der Waals surface area contributed by atoms with Gasteiger partial charge in [0.25, 0.3) is 0 Å². The van der Waals surface area contributed by atoms with Crippen LogP contribution in [0.25, 0.3) is 0 Å². The van der Waals surface area contributed by atoms with E-state index in [1.807, 2.05) is 30.3 Å². The highest BCUT2D eigenvalue weighted by Crippen LogP contribution is 2.18. The number of benzene rings is 1. The second kappa shape index (κ2) is 16.1. The molecule has 0 amide bonds. The molecule has 4 nitrogen and oxygen atoms in total. The highest BCUT2D eigenvalue weighted by Gasteiger charge is 2.05. The third-order valence-corrected chi connectivity index (χ3v) is 6.32. The van der Waals surface area contributed by atoms with Crippen molar-refractivity contribution in [2.24, 2.45) is 0 Å². The van der Waals surface area contributed by atoms with Gasteiger partial charge in [0.15, 0.2) is 5.78 Å². The molecule has 0 unspecified atom stereocenters. The molecule has 0 radical (unpaired) electrons. The molecule has 0 atom stereocenters. The van der Waals surface area contributed by atoms with Crippen LogP contribution in [0, 0.1) is 11.3 Å². The fourth-order valence-corrected chi connectivity index (χ4v) is 4.15. The quantitative estimate of drug-likeness (QED) is 0.149. The average molecular weight is 453 g/mol. The van der Waals surface area contributed by atoms with E-state index in [0.29, 0.717) is 9.75 Å². The van der Waals surface area contributed by atoms with Gasteiger partial charge in [-0.15, -0.1) is 11.3 Å². The summed E-state index contributed by atoms with van der Waals surface area (Å²) in [5.74, 6) is 0.751. The number of carbonyl (C=O) groups is 1. The van der Waals surface area contributed by atoms with Crippen molar-refractivity contribution in [2.75, 3.05) is 11.9 Å². The summed E-state index contributed by atoms with van der Waals surface area (Å²) in [7, 11) is 0. The smallest absolute Gasteiger partial charge is 0.197 e. The van der Waals surface area contributed by atoms with Gasteiger partial charge in [0.05, 0.1) is 11.5 Å². The first-order chi connectivity index (χ1) is 15.7. The molecule has 1 aromatic heterocycles. The monoisotopic (exact) mass is 452 g/mol. The number of ether oxygens (including phenoxy) is 1. The Morgan fingerprint density at radius 1 is 0.938 bits per heavy atom. The van der Waals surface area contributed by atoms with E-state index in [9.17, 15) is 4.79 Å². The molecular weight excluding hydrogens is 416 g/mol. The van der Waals surface area contributed by atoms with Gasteiger partial charge in [-0.1, -0.05) is 71.1 Å². The zero-order valence-corrected chi connectivity index (χ0v) is 20.1. The first kappa shape index (κ1) is 25.7. The number of hydrogen-bond donors (Lipinski definition) is 1. The fourth-order valence-electron chi connectivity index (χ4n) is 3.43. The summed E-state index contributed by atoms with van der Waals surface area (Å²) in [6, 6.07) is 13.1. The lowest BCUT2D eigenvalue weighted by Gasteiger charge is -2.07. The van der Waals surface area contributed by atoms with Crippen molar-refractivity contribution in [1.29, 1.82) is 5.26 Å². The largest absolute Gasteiger partial charge is 0.494 e. The molecule has 1 aromatic carbocycles. The molecule has 0 spiro atoms. The van der Waals surface area contributed by atoms with Crippen LogP contribution in [0.1, 0.15) is 92.1 Å². The van der Waals surface area contributed by atoms with Crippen molar-refractivity contribution in [1.82, 2.24) is 0 Å². The molecule has 0 aliphatic heterocycles.